The second kappa shape index (κ2) is 4.62. The quantitative estimate of drug-likeness (QED) is 0.464. The molecule has 0 heterocycles. The Balaban J connectivity index is 2.54. The normalized spacial score (nSPS) is 11.3. The Bertz CT molecular complexity index is 453. The summed E-state index contributed by atoms with van der Waals surface area (Å²) in [5.41, 5.74) is 0. The fraction of sp³-hybridized carbons (Fsp3) is 0. The van der Waals surface area contributed by atoms with Gasteiger partial charge < -0.3 is 0 Å². The highest BCUT2D eigenvalue weighted by Gasteiger charge is 2.29. The number of benzene rings is 2. The van der Waals surface area contributed by atoms with Crippen LogP contribution in [-0.4, -0.2) is 0 Å². The largest absolute Gasteiger partial charge is 0.294 e. The summed E-state index contributed by atoms with van der Waals surface area (Å²) in [6, 6.07) is 17.0. The van der Waals surface area contributed by atoms with Gasteiger partial charge in [-0.25, -0.2) is 0 Å². The van der Waals surface area contributed by atoms with Crippen LogP contribution >= 0.6 is 7.37 Å². The Labute approximate surface area is 93.7 Å². The van der Waals surface area contributed by atoms with Crippen LogP contribution in [0, 0.1) is 0 Å². The molecule has 81 valence electrons. The molecule has 3 nitrogen and oxygen atoms in total. The maximum atomic E-state index is 12.5. The Morgan fingerprint density at radius 1 is 0.750 bits per heavy atom. The minimum atomic E-state index is -3.46. The number of hydrogen-bond acceptors (Lipinski definition) is 2. The molecule has 0 N–H and O–H groups in total. The van der Waals surface area contributed by atoms with Crippen LogP contribution in [0.25, 0.3) is 0 Å². The van der Waals surface area contributed by atoms with Crippen molar-refractivity contribution < 1.29 is 14.5 Å². The Morgan fingerprint density at radius 3 is 1.44 bits per heavy atom. The highest BCUT2D eigenvalue weighted by molar-refractivity contribution is 7.74. The minimum absolute atomic E-state index is 0.413. The zero-order valence-electron chi connectivity index (χ0n) is 8.45. The molecular formula is C12H10O3P. The van der Waals surface area contributed by atoms with Crippen LogP contribution in [-0.2, 0) is 14.5 Å². The van der Waals surface area contributed by atoms with Crippen LogP contribution in [0.1, 0.15) is 0 Å². The first kappa shape index (κ1) is 11.1. The minimum Gasteiger partial charge on any atom is -0.280 e. The third kappa shape index (κ3) is 1.93. The van der Waals surface area contributed by atoms with Gasteiger partial charge in [-0.05, 0) is 29.5 Å². The van der Waals surface area contributed by atoms with Crippen LogP contribution in [0.4, 0.5) is 0 Å². The molecule has 0 saturated carbocycles. The molecule has 0 fully saturated rings. The van der Waals surface area contributed by atoms with E-state index < -0.39 is 7.37 Å². The molecule has 0 saturated heterocycles. The molecule has 2 aromatic carbocycles. The van der Waals surface area contributed by atoms with E-state index in [1.165, 1.54) is 0 Å². The van der Waals surface area contributed by atoms with E-state index in [1.54, 1.807) is 60.7 Å². The van der Waals surface area contributed by atoms with Crippen molar-refractivity contribution in [2.45, 2.75) is 0 Å². The summed E-state index contributed by atoms with van der Waals surface area (Å²) in [7, 11) is -3.46. The average molecular weight is 233 g/mol. The molecule has 0 spiro atoms. The van der Waals surface area contributed by atoms with Gasteiger partial charge >= 0.3 is 0 Å². The van der Waals surface area contributed by atoms with Crippen LogP contribution in [0.5, 0.6) is 0 Å². The van der Waals surface area contributed by atoms with E-state index >= 15 is 0 Å². The lowest BCUT2D eigenvalue weighted by Gasteiger charge is -2.13. The van der Waals surface area contributed by atoms with E-state index in [-0.39, 0.29) is 0 Å². The topological polar surface area (TPSA) is 46.2 Å². The van der Waals surface area contributed by atoms with Gasteiger partial charge in [-0.3, -0.25) is 4.57 Å². The maximum absolute atomic E-state index is 12.5. The summed E-state index contributed by atoms with van der Waals surface area (Å²) in [4.78, 5) is 0. The molecule has 0 aliphatic heterocycles. The van der Waals surface area contributed by atoms with Crippen molar-refractivity contribution in [3.63, 3.8) is 0 Å². The Kier molecular flexibility index (Phi) is 3.20. The smallest absolute Gasteiger partial charge is 0.280 e. The fourth-order valence-electron chi connectivity index (χ4n) is 1.48. The molecule has 1 radical (unpaired) electrons. The molecule has 2 aromatic rings. The molecular weight excluding hydrogens is 223 g/mol. The summed E-state index contributed by atoms with van der Waals surface area (Å²) < 4.78 is 16.5. The number of hydrogen-bond donors (Lipinski definition) is 0. The van der Waals surface area contributed by atoms with Gasteiger partial charge in [0.1, 0.15) is 0 Å². The summed E-state index contributed by atoms with van der Waals surface area (Å²) in [6.45, 7) is 0. The molecule has 4 heteroatoms. The predicted octanol–water partition coefficient (Wildman–Crippen LogP) is 2.28. The van der Waals surface area contributed by atoms with Crippen LogP contribution in [0.2, 0.25) is 0 Å². The molecule has 0 atom stereocenters. The van der Waals surface area contributed by atoms with E-state index in [2.05, 4.69) is 4.67 Å². The van der Waals surface area contributed by atoms with Gasteiger partial charge in [0.25, 0.3) is 7.37 Å². The predicted molar refractivity (Wildman–Crippen MR) is 61.5 cm³/mol. The van der Waals surface area contributed by atoms with E-state index in [4.69, 9.17) is 0 Å². The standard InChI is InChI=1S/C12H10O3P/c13-15-16(14,11-7-3-1-4-8-11)12-9-5-2-6-10-12/h1-10H. The Hall–Kier alpha value is -1.41. The first-order valence-corrected chi connectivity index (χ1v) is 6.43. The maximum Gasteiger partial charge on any atom is 0.294 e. The monoisotopic (exact) mass is 233 g/mol. The molecule has 2 rings (SSSR count). The van der Waals surface area contributed by atoms with Gasteiger partial charge in [0, 0.05) is 10.6 Å². The molecule has 0 aliphatic rings. The molecule has 0 aromatic heterocycles. The lowest BCUT2D eigenvalue weighted by Crippen LogP contribution is -2.16. The molecule has 0 unspecified atom stereocenters. The van der Waals surface area contributed by atoms with E-state index in [0.29, 0.717) is 10.6 Å². The summed E-state index contributed by atoms with van der Waals surface area (Å²) in [5, 5.41) is 11.6. The highest BCUT2D eigenvalue weighted by Crippen LogP contribution is 2.43. The Morgan fingerprint density at radius 2 is 1.12 bits per heavy atom. The first-order valence-electron chi connectivity index (χ1n) is 4.80. The lowest BCUT2D eigenvalue weighted by molar-refractivity contribution is -0.204. The molecule has 0 bridgehead atoms. The second-order valence-corrected chi connectivity index (χ2v) is 5.58. The highest BCUT2D eigenvalue weighted by atomic mass is 31.2. The van der Waals surface area contributed by atoms with Gasteiger partial charge in [0.2, 0.25) is 0 Å². The van der Waals surface area contributed by atoms with Gasteiger partial charge in [-0.2, -0.15) is 0 Å². The van der Waals surface area contributed by atoms with Crippen molar-refractivity contribution in [1.29, 1.82) is 0 Å². The van der Waals surface area contributed by atoms with Crippen molar-refractivity contribution in [2.24, 2.45) is 0 Å². The van der Waals surface area contributed by atoms with Crippen molar-refractivity contribution in [3.05, 3.63) is 60.7 Å². The van der Waals surface area contributed by atoms with Gasteiger partial charge in [-0.15, -0.1) is 4.67 Å². The van der Waals surface area contributed by atoms with Crippen LogP contribution in [0.3, 0.4) is 0 Å². The number of rotatable bonds is 3. The third-order valence-electron chi connectivity index (χ3n) is 2.30. The van der Waals surface area contributed by atoms with Crippen molar-refractivity contribution >= 4 is 18.0 Å². The lowest BCUT2D eigenvalue weighted by atomic mass is 10.4. The molecule has 0 amide bonds. The zero-order valence-corrected chi connectivity index (χ0v) is 9.34. The fourth-order valence-corrected chi connectivity index (χ4v) is 3.08. The first-order chi connectivity index (χ1) is 7.77. The molecule has 0 aliphatic carbocycles. The molecule has 16 heavy (non-hydrogen) atoms. The van der Waals surface area contributed by atoms with Crippen molar-refractivity contribution in [2.75, 3.05) is 0 Å². The van der Waals surface area contributed by atoms with Gasteiger partial charge in [0.05, 0.1) is 0 Å². The van der Waals surface area contributed by atoms with Crippen LogP contribution in [0.15, 0.2) is 60.7 Å². The summed E-state index contributed by atoms with van der Waals surface area (Å²) in [6.07, 6.45) is 0. The summed E-state index contributed by atoms with van der Waals surface area (Å²) >= 11 is 0. The summed E-state index contributed by atoms with van der Waals surface area (Å²) in [5.74, 6) is 0. The average Bonchev–Trinajstić information content (AvgIpc) is 2.40. The van der Waals surface area contributed by atoms with E-state index in [1.807, 2.05) is 0 Å². The third-order valence-corrected chi connectivity index (χ3v) is 4.46. The zero-order chi connectivity index (χ0) is 11.4. The SMILES string of the molecule is [O]OP(=O)(c1ccccc1)c1ccccc1. The van der Waals surface area contributed by atoms with Crippen molar-refractivity contribution in [1.82, 2.24) is 0 Å². The van der Waals surface area contributed by atoms with Crippen molar-refractivity contribution in [3.8, 4) is 0 Å². The van der Waals surface area contributed by atoms with Crippen LogP contribution < -0.4 is 10.6 Å². The van der Waals surface area contributed by atoms with Gasteiger partial charge in [0.15, 0.2) is 0 Å². The second-order valence-electron chi connectivity index (χ2n) is 3.30. The van der Waals surface area contributed by atoms with E-state index in [0.717, 1.165) is 0 Å². The van der Waals surface area contributed by atoms with E-state index in [9.17, 15) is 9.82 Å². The van der Waals surface area contributed by atoms with Gasteiger partial charge in [-0.1, -0.05) is 36.4 Å².